The van der Waals surface area contributed by atoms with Gasteiger partial charge in [-0.1, -0.05) is 51.1 Å². The molecule has 0 fully saturated rings. The second-order valence-electron chi connectivity index (χ2n) is 8.28. The quantitative estimate of drug-likeness (QED) is 0.136. The molecular formula is C22H36O7Si. The fraction of sp³-hybridized carbons (Fsp3) is 0.636. The van der Waals surface area contributed by atoms with Crippen molar-refractivity contribution in [3.05, 3.63) is 35.9 Å². The van der Waals surface area contributed by atoms with Crippen LogP contribution in [-0.2, 0) is 28.2 Å². The van der Waals surface area contributed by atoms with Gasteiger partial charge >= 0.3 is 5.97 Å². The van der Waals surface area contributed by atoms with Crippen LogP contribution < -0.4 is 0 Å². The maximum absolute atomic E-state index is 11.8. The molecule has 0 bridgehead atoms. The van der Waals surface area contributed by atoms with Crippen molar-refractivity contribution in [2.24, 2.45) is 0 Å². The van der Waals surface area contributed by atoms with E-state index in [1.165, 1.54) is 0 Å². The first-order chi connectivity index (χ1) is 14.1. The van der Waals surface area contributed by atoms with Crippen LogP contribution in [0.15, 0.2) is 30.3 Å². The number of hydrogen-bond acceptors (Lipinski definition) is 7. The normalized spacial score (nSPS) is 12.0. The summed E-state index contributed by atoms with van der Waals surface area (Å²) >= 11 is 0. The minimum Gasteiger partial charge on any atom is -0.457 e. The third-order valence-electron chi connectivity index (χ3n) is 4.92. The van der Waals surface area contributed by atoms with Gasteiger partial charge in [0, 0.05) is 5.56 Å². The Bertz CT molecular complexity index is 626. The molecule has 0 aliphatic rings. The summed E-state index contributed by atoms with van der Waals surface area (Å²) in [7, 11) is -1.71. The Hall–Kier alpha value is -1.58. The van der Waals surface area contributed by atoms with E-state index >= 15 is 0 Å². The van der Waals surface area contributed by atoms with Gasteiger partial charge in [-0.15, -0.1) is 0 Å². The highest BCUT2D eigenvalue weighted by Gasteiger charge is 2.36. The summed E-state index contributed by atoms with van der Waals surface area (Å²) in [5.41, 5.74) is 0.311. The largest absolute Gasteiger partial charge is 0.457 e. The molecule has 0 saturated carbocycles. The molecule has 0 saturated heterocycles. The summed E-state index contributed by atoms with van der Waals surface area (Å²) in [5, 5.41) is 0.200. The van der Waals surface area contributed by atoms with Gasteiger partial charge in [0.15, 0.2) is 8.32 Å². The second kappa shape index (κ2) is 13.7. The van der Waals surface area contributed by atoms with Gasteiger partial charge in [0.05, 0.1) is 46.2 Å². The van der Waals surface area contributed by atoms with E-state index in [9.17, 15) is 9.59 Å². The number of carbonyl (C=O) groups excluding carboxylic acids is 2. The topological polar surface area (TPSA) is 80.3 Å². The lowest BCUT2D eigenvalue weighted by molar-refractivity contribution is -0.139. The number of ketones is 1. The Morgan fingerprint density at radius 2 is 1.23 bits per heavy atom. The van der Waals surface area contributed by atoms with Crippen molar-refractivity contribution in [3.63, 3.8) is 0 Å². The monoisotopic (exact) mass is 440 g/mol. The van der Waals surface area contributed by atoms with E-state index in [2.05, 4.69) is 33.9 Å². The molecule has 0 aliphatic carbocycles. The standard InChI is InChI=1S/C22H36O7Si/c1-22(2,3)30(4,5)29-18-16-27-14-12-25-11-13-26-15-17-28-21(24)20(23)19-9-7-6-8-10-19/h6-10H,11-18H2,1-5H3. The number of carbonyl (C=O) groups is 2. The Morgan fingerprint density at radius 3 is 1.73 bits per heavy atom. The molecule has 0 N–H and O–H groups in total. The first-order valence-corrected chi connectivity index (χ1v) is 13.2. The van der Waals surface area contributed by atoms with E-state index in [1.54, 1.807) is 30.3 Å². The van der Waals surface area contributed by atoms with Gasteiger partial charge in [-0.2, -0.15) is 0 Å². The van der Waals surface area contributed by atoms with E-state index in [0.717, 1.165) is 0 Å². The molecule has 1 aromatic carbocycles. The maximum Gasteiger partial charge on any atom is 0.379 e. The highest BCUT2D eigenvalue weighted by Crippen LogP contribution is 2.36. The molecule has 1 aromatic rings. The van der Waals surface area contributed by atoms with Gasteiger partial charge in [0.25, 0.3) is 5.78 Å². The molecule has 0 atom stereocenters. The van der Waals surface area contributed by atoms with Crippen LogP contribution in [0.4, 0.5) is 0 Å². The van der Waals surface area contributed by atoms with Crippen molar-refractivity contribution in [3.8, 4) is 0 Å². The molecular weight excluding hydrogens is 404 g/mol. The van der Waals surface area contributed by atoms with E-state index < -0.39 is 20.1 Å². The predicted molar refractivity (Wildman–Crippen MR) is 117 cm³/mol. The summed E-state index contributed by atoms with van der Waals surface area (Å²) < 4.78 is 27.2. The Morgan fingerprint density at radius 1 is 0.767 bits per heavy atom. The molecule has 0 radical (unpaired) electrons. The third kappa shape index (κ3) is 10.4. The SMILES string of the molecule is CC(C)(C)[Si](C)(C)OCCOCCOCCOCCOC(=O)C(=O)c1ccccc1. The number of ether oxygens (including phenoxy) is 4. The summed E-state index contributed by atoms with van der Waals surface area (Å²) in [6, 6.07) is 8.30. The van der Waals surface area contributed by atoms with Crippen LogP contribution in [-0.4, -0.2) is 72.9 Å². The minimum absolute atomic E-state index is 0.0226. The van der Waals surface area contributed by atoms with Crippen LogP contribution in [0, 0.1) is 0 Å². The Balaban J connectivity index is 1.92. The molecule has 8 heteroatoms. The van der Waals surface area contributed by atoms with Crippen molar-refractivity contribution in [2.75, 3.05) is 52.9 Å². The second-order valence-corrected chi connectivity index (χ2v) is 13.1. The zero-order valence-corrected chi connectivity index (χ0v) is 19.9. The number of hydrogen-bond donors (Lipinski definition) is 0. The first-order valence-electron chi connectivity index (χ1n) is 10.3. The van der Waals surface area contributed by atoms with Crippen molar-refractivity contribution in [1.29, 1.82) is 0 Å². The average Bonchev–Trinajstić information content (AvgIpc) is 2.70. The van der Waals surface area contributed by atoms with Crippen molar-refractivity contribution in [1.82, 2.24) is 0 Å². The molecule has 0 amide bonds. The molecule has 0 unspecified atom stereocenters. The van der Waals surface area contributed by atoms with Gasteiger partial charge in [-0.25, -0.2) is 4.79 Å². The van der Waals surface area contributed by atoms with Crippen LogP contribution in [0.5, 0.6) is 0 Å². The molecule has 1 rings (SSSR count). The van der Waals surface area contributed by atoms with Crippen LogP contribution in [0.2, 0.25) is 18.1 Å². The number of rotatable bonds is 15. The van der Waals surface area contributed by atoms with E-state index in [-0.39, 0.29) is 18.3 Å². The third-order valence-corrected chi connectivity index (χ3v) is 9.46. The van der Waals surface area contributed by atoms with E-state index in [0.29, 0.717) is 45.2 Å². The molecule has 0 heterocycles. The van der Waals surface area contributed by atoms with Gasteiger partial charge in [-0.3, -0.25) is 4.79 Å². The van der Waals surface area contributed by atoms with E-state index in [4.69, 9.17) is 23.4 Å². The number of Topliss-reactive ketones (excluding diaryl/α,β-unsaturated/α-hetero) is 1. The van der Waals surface area contributed by atoms with Crippen LogP contribution >= 0.6 is 0 Å². The van der Waals surface area contributed by atoms with E-state index in [1.807, 2.05) is 0 Å². The lowest BCUT2D eigenvalue weighted by Crippen LogP contribution is -2.41. The molecule has 0 aliphatic heterocycles. The van der Waals surface area contributed by atoms with Crippen LogP contribution in [0.1, 0.15) is 31.1 Å². The Kier molecular flexibility index (Phi) is 12.0. The highest BCUT2D eigenvalue weighted by atomic mass is 28.4. The van der Waals surface area contributed by atoms with Crippen molar-refractivity contribution < 1.29 is 33.0 Å². The number of esters is 1. The molecule has 0 spiro atoms. The molecule has 170 valence electrons. The number of benzene rings is 1. The van der Waals surface area contributed by atoms with Crippen LogP contribution in [0.3, 0.4) is 0 Å². The fourth-order valence-electron chi connectivity index (χ4n) is 2.08. The molecule has 0 aromatic heterocycles. The summed E-state index contributed by atoms with van der Waals surface area (Å²) in [6.45, 7) is 14.2. The maximum atomic E-state index is 11.8. The fourth-order valence-corrected chi connectivity index (χ4v) is 3.11. The lowest BCUT2D eigenvalue weighted by Gasteiger charge is -2.36. The molecule has 30 heavy (non-hydrogen) atoms. The van der Waals surface area contributed by atoms with Crippen molar-refractivity contribution >= 4 is 20.1 Å². The predicted octanol–water partition coefficient (Wildman–Crippen LogP) is 3.48. The lowest BCUT2D eigenvalue weighted by atomic mass is 10.1. The van der Waals surface area contributed by atoms with Gasteiger partial charge in [0.1, 0.15) is 6.61 Å². The average molecular weight is 441 g/mol. The minimum atomic E-state index is -1.71. The summed E-state index contributed by atoms with van der Waals surface area (Å²) in [6.07, 6.45) is 0. The zero-order chi connectivity index (χ0) is 22.5. The smallest absolute Gasteiger partial charge is 0.379 e. The molecule has 7 nitrogen and oxygen atoms in total. The highest BCUT2D eigenvalue weighted by molar-refractivity contribution is 6.74. The summed E-state index contributed by atoms with van der Waals surface area (Å²) in [5.74, 6) is -1.54. The van der Waals surface area contributed by atoms with Gasteiger partial charge in [0.2, 0.25) is 0 Å². The van der Waals surface area contributed by atoms with Gasteiger partial charge < -0.3 is 23.4 Å². The zero-order valence-electron chi connectivity index (χ0n) is 18.9. The first kappa shape index (κ1) is 26.5. The van der Waals surface area contributed by atoms with Gasteiger partial charge in [-0.05, 0) is 18.1 Å². The summed E-state index contributed by atoms with van der Waals surface area (Å²) in [4.78, 5) is 23.5. The van der Waals surface area contributed by atoms with Crippen LogP contribution in [0.25, 0.3) is 0 Å². The van der Waals surface area contributed by atoms with Crippen molar-refractivity contribution in [2.45, 2.75) is 38.9 Å². The Labute approximate surface area is 181 Å².